The van der Waals surface area contributed by atoms with Crippen LogP contribution in [0.2, 0.25) is 0 Å². The second-order valence-corrected chi connectivity index (χ2v) is 4.99. The molecule has 112 valence electrons. The number of rotatable bonds is 2. The summed E-state index contributed by atoms with van der Waals surface area (Å²) in [5, 5.41) is 7.38. The Balaban J connectivity index is 2.33. The fourth-order valence-electron chi connectivity index (χ4n) is 1.68. The van der Waals surface area contributed by atoms with E-state index < -0.39 is 29.2 Å². The molecule has 0 saturated carbocycles. The van der Waals surface area contributed by atoms with Gasteiger partial charge in [-0.2, -0.15) is 18.3 Å². The molecule has 1 heterocycles. The van der Waals surface area contributed by atoms with Gasteiger partial charge in [0.15, 0.2) is 5.69 Å². The number of anilines is 1. The second-order valence-electron chi connectivity index (χ2n) is 4.14. The number of carbonyl (C=O) groups is 1. The number of hydrogen-bond acceptors (Lipinski definition) is 2. The van der Waals surface area contributed by atoms with Gasteiger partial charge in [0.1, 0.15) is 5.82 Å². The van der Waals surface area contributed by atoms with E-state index in [1.165, 1.54) is 19.1 Å². The van der Waals surface area contributed by atoms with Crippen LogP contribution in [0.3, 0.4) is 0 Å². The molecule has 4 nitrogen and oxygen atoms in total. The van der Waals surface area contributed by atoms with Gasteiger partial charge in [-0.25, -0.2) is 4.39 Å². The van der Waals surface area contributed by atoms with Gasteiger partial charge in [-0.05, 0) is 41.1 Å². The summed E-state index contributed by atoms with van der Waals surface area (Å²) in [4.78, 5) is 12.0. The third kappa shape index (κ3) is 3.23. The average molecular weight is 366 g/mol. The molecule has 2 aromatic rings. The summed E-state index contributed by atoms with van der Waals surface area (Å²) >= 11 is 2.93. The highest BCUT2D eigenvalue weighted by atomic mass is 79.9. The number of nitrogens with one attached hydrogen (secondary N) is 2. The lowest BCUT2D eigenvalue weighted by Gasteiger charge is -2.09. The molecule has 0 radical (unpaired) electrons. The molecule has 0 atom stereocenters. The Hall–Kier alpha value is -1.90. The zero-order valence-electron chi connectivity index (χ0n) is 10.5. The zero-order valence-corrected chi connectivity index (χ0v) is 12.1. The Morgan fingerprint density at radius 1 is 1.38 bits per heavy atom. The number of aromatic nitrogens is 2. The Morgan fingerprint density at radius 2 is 2.05 bits per heavy atom. The van der Waals surface area contributed by atoms with Crippen LogP contribution in [0.4, 0.5) is 23.2 Å². The van der Waals surface area contributed by atoms with Gasteiger partial charge in [0.25, 0.3) is 5.91 Å². The molecule has 21 heavy (non-hydrogen) atoms. The first-order chi connectivity index (χ1) is 9.70. The van der Waals surface area contributed by atoms with Crippen LogP contribution in [0.5, 0.6) is 0 Å². The number of halogens is 5. The van der Waals surface area contributed by atoms with Crippen molar-refractivity contribution in [3.8, 4) is 0 Å². The van der Waals surface area contributed by atoms with Crippen molar-refractivity contribution in [2.24, 2.45) is 0 Å². The summed E-state index contributed by atoms with van der Waals surface area (Å²) in [6, 6.07) is 3.68. The summed E-state index contributed by atoms with van der Waals surface area (Å²) in [6.45, 7) is 1.27. The van der Waals surface area contributed by atoms with Crippen molar-refractivity contribution in [3.05, 3.63) is 45.4 Å². The van der Waals surface area contributed by atoms with Crippen molar-refractivity contribution in [2.45, 2.75) is 13.1 Å². The van der Waals surface area contributed by atoms with Crippen molar-refractivity contribution in [1.29, 1.82) is 0 Å². The van der Waals surface area contributed by atoms with Gasteiger partial charge in [0, 0.05) is 5.69 Å². The van der Waals surface area contributed by atoms with E-state index in [2.05, 4.69) is 26.3 Å². The lowest BCUT2D eigenvalue weighted by Crippen LogP contribution is -2.18. The molecule has 1 amide bonds. The van der Waals surface area contributed by atoms with E-state index in [4.69, 9.17) is 0 Å². The summed E-state index contributed by atoms with van der Waals surface area (Å²) in [6.07, 6.45) is -4.74. The van der Waals surface area contributed by atoms with Crippen LogP contribution in [0.1, 0.15) is 21.7 Å². The zero-order chi connectivity index (χ0) is 15.8. The number of H-pyrrole nitrogens is 1. The van der Waals surface area contributed by atoms with Gasteiger partial charge < -0.3 is 5.32 Å². The van der Waals surface area contributed by atoms with Crippen LogP contribution in [0, 0.1) is 12.7 Å². The van der Waals surface area contributed by atoms with Crippen molar-refractivity contribution >= 4 is 27.5 Å². The van der Waals surface area contributed by atoms with Crippen LogP contribution in [0.15, 0.2) is 22.7 Å². The molecule has 0 bridgehead atoms. The Morgan fingerprint density at radius 3 is 2.62 bits per heavy atom. The number of amides is 1. The van der Waals surface area contributed by atoms with Crippen LogP contribution >= 0.6 is 15.9 Å². The highest BCUT2D eigenvalue weighted by Crippen LogP contribution is 2.32. The summed E-state index contributed by atoms with van der Waals surface area (Å²) in [5.41, 5.74) is -1.92. The normalized spacial score (nSPS) is 11.5. The van der Waals surface area contributed by atoms with E-state index in [-0.39, 0.29) is 15.9 Å². The van der Waals surface area contributed by atoms with E-state index in [9.17, 15) is 22.4 Å². The number of alkyl halides is 3. The standard InChI is InChI=1S/C12H8BrF4N3O/c1-5-9(10(20-19-5)12(15,16)17)11(21)18-6-2-3-7(13)8(14)4-6/h2-4H,1H3,(H,18,21)(H,19,20). The highest BCUT2D eigenvalue weighted by molar-refractivity contribution is 9.10. The summed E-state index contributed by atoms with van der Waals surface area (Å²) in [7, 11) is 0. The monoisotopic (exact) mass is 365 g/mol. The van der Waals surface area contributed by atoms with Gasteiger partial charge in [-0.3, -0.25) is 9.89 Å². The van der Waals surface area contributed by atoms with Gasteiger partial charge in [0.05, 0.1) is 15.7 Å². The molecular weight excluding hydrogens is 358 g/mol. The molecule has 9 heteroatoms. The fraction of sp³-hybridized carbons (Fsp3) is 0.167. The largest absolute Gasteiger partial charge is 0.433 e. The molecule has 0 spiro atoms. The predicted octanol–water partition coefficient (Wildman–Crippen LogP) is 3.89. The summed E-state index contributed by atoms with van der Waals surface area (Å²) < 4.78 is 51.8. The minimum absolute atomic E-state index is 0.0365. The van der Waals surface area contributed by atoms with Gasteiger partial charge in [-0.15, -0.1) is 0 Å². The molecule has 1 aromatic carbocycles. The fourth-order valence-corrected chi connectivity index (χ4v) is 1.93. The topological polar surface area (TPSA) is 57.8 Å². The number of benzene rings is 1. The molecule has 0 aliphatic heterocycles. The number of aromatic amines is 1. The van der Waals surface area contributed by atoms with Gasteiger partial charge in [-0.1, -0.05) is 0 Å². The second kappa shape index (κ2) is 5.47. The third-order valence-corrected chi connectivity index (χ3v) is 3.28. The lowest BCUT2D eigenvalue weighted by atomic mass is 10.1. The molecule has 2 rings (SSSR count). The summed E-state index contributed by atoms with van der Waals surface area (Å²) in [5.74, 6) is -1.66. The molecule has 0 aliphatic carbocycles. The minimum atomic E-state index is -4.74. The minimum Gasteiger partial charge on any atom is -0.322 e. The van der Waals surface area contributed by atoms with Crippen molar-refractivity contribution in [1.82, 2.24) is 10.2 Å². The molecule has 0 saturated heterocycles. The van der Waals surface area contributed by atoms with E-state index in [1.807, 2.05) is 0 Å². The quantitative estimate of drug-likeness (QED) is 0.793. The molecule has 2 N–H and O–H groups in total. The number of aryl methyl sites for hydroxylation is 1. The number of hydrogen-bond donors (Lipinski definition) is 2. The third-order valence-electron chi connectivity index (χ3n) is 2.64. The Labute approximate surface area is 124 Å². The first kappa shape index (κ1) is 15.5. The maximum absolute atomic E-state index is 13.3. The van der Waals surface area contributed by atoms with E-state index in [0.717, 1.165) is 6.07 Å². The van der Waals surface area contributed by atoms with Crippen molar-refractivity contribution in [2.75, 3.05) is 5.32 Å². The van der Waals surface area contributed by atoms with Gasteiger partial charge in [0.2, 0.25) is 0 Å². The molecule has 0 fully saturated rings. The average Bonchev–Trinajstić information content (AvgIpc) is 2.76. The van der Waals surface area contributed by atoms with Crippen LogP contribution in [-0.4, -0.2) is 16.1 Å². The van der Waals surface area contributed by atoms with Crippen molar-refractivity contribution in [3.63, 3.8) is 0 Å². The maximum atomic E-state index is 13.3. The van der Waals surface area contributed by atoms with E-state index in [1.54, 1.807) is 5.10 Å². The van der Waals surface area contributed by atoms with Crippen LogP contribution in [-0.2, 0) is 6.18 Å². The first-order valence-electron chi connectivity index (χ1n) is 5.58. The first-order valence-corrected chi connectivity index (χ1v) is 6.38. The van der Waals surface area contributed by atoms with Gasteiger partial charge >= 0.3 is 6.18 Å². The van der Waals surface area contributed by atoms with Crippen LogP contribution in [0.25, 0.3) is 0 Å². The van der Waals surface area contributed by atoms with Crippen LogP contribution < -0.4 is 5.32 Å². The van der Waals surface area contributed by atoms with Crippen molar-refractivity contribution < 1.29 is 22.4 Å². The molecular formula is C12H8BrF4N3O. The molecule has 0 unspecified atom stereocenters. The number of nitrogens with zero attached hydrogens (tertiary/aromatic N) is 1. The molecule has 1 aromatic heterocycles. The van der Waals surface area contributed by atoms with E-state index in [0.29, 0.717) is 0 Å². The Kier molecular flexibility index (Phi) is 4.04. The highest BCUT2D eigenvalue weighted by Gasteiger charge is 2.38. The lowest BCUT2D eigenvalue weighted by molar-refractivity contribution is -0.141. The Bertz CT molecular complexity index is 696. The predicted molar refractivity (Wildman–Crippen MR) is 70.4 cm³/mol. The number of carbonyl (C=O) groups excluding carboxylic acids is 1. The molecule has 0 aliphatic rings. The SMILES string of the molecule is Cc1n[nH]c(C(F)(F)F)c1C(=O)Nc1ccc(Br)c(F)c1. The smallest absolute Gasteiger partial charge is 0.322 e. The maximum Gasteiger partial charge on any atom is 0.433 e. The van der Waals surface area contributed by atoms with E-state index >= 15 is 0 Å².